The van der Waals surface area contributed by atoms with Gasteiger partial charge in [-0.1, -0.05) is 18.2 Å². The van der Waals surface area contributed by atoms with Crippen molar-refractivity contribution in [1.82, 2.24) is 14.6 Å². The van der Waals surface area contributed by atoms with Gasteiger partial charge >= 0.3 is 0 Å². The molecular formula is C17H11N5O2. The van der Waals surface area contributed by atoms with Crippen LogP contribution in [0.25, 0.3) is 28.1 Å². The molecule has 1 aromatic carbocycles. The van der Waals surface area contributed by atoms with Crippen molar-refractivity contribution in [3.8, 4) is 17.5 Å². The van der Waals surface area contributed by atoms with Gasteiger partial charge in [-0.05, 0) is 24.3 Å². The van der Waals surface area contributed by atoms with Gasteiger partial charge in [-0.3, -0.25) is 4.79 Å². The largest absolute Gasteiger partial charge is 0.454 e. The number of anilines is 1. The van der Waals surface area contributed by atoms with Gasteiger partial charge in [0.2, 0.25) is 5.91 Å². The van der Waals surface area contributed by atoms with Crippen molar-refractivity contribution < 1.29 is 9.21 Å². The van der Waals surface area contributed by atoms with Crippen molar-refractivity contribution >= 4 is 28.3 Å². The zero-order chi connectivity index (χ0) is 16.5. The third kappa shape index (κ3) is 2.36. The number of carbonyl (C=O) groups is 1. The predicted molar refractivity (Wildman–Crippen MR) is 87.1 cm³/mol. The lowest BCUT2D eigenvalue weighted by Gasteiger charge is -2.03. The summed E-state index contributed by atoms with van der Waals surface area (Å²) < 4.78 is 7.45. The van der Waals surface area contributed by atoms with Crippen LogP contribution in [0.1, 0.15) is 6.42 Å². The van der Waals surface area contributed by atoms with Gasteiger partial charge in [0.25, 0.3) is 0 Å². The molecule has 0 atom stereocenters. The number of rotatable bonds is 3. The summed E-state index contributed by atoms with van der Waals surface area (Å²) in [6, 6.07) is 14.8. The summed E-state index contributed by atoms with van der Waals surface area (Å²) in [5.74, 6) is 0.574. The maximum atomic E-state index is 11.5. The van der Waals surface area contributed by atoms with Gasteiger partial charge in [-0.15, -0.1) is 5.10 Å². The summed E-state index contributed by atoms with van der Waals surface area (Å²) in [4.78, 5) is 15.8. The Kier molecular flexibility index (Phi) is 3.21. The molecule has 4 rings (SSSR count). The highest BCUT2D eigenvalue weighted by Crippen LogP contribution is 2.28. The van der Waals surface area contributed by atoms with E-state index in [2.05, 4.69) is 15.4 Å². The number of aromatic nitrogens is 3. The highest BCUT2D eigenvalue weighted by Gasteiger charge is 2.13. The third-order valence-electron chi connectivity index (χ3n) is 3.55. The van der Waals surface area contributed by atoms with Crippen molar-refractivity contribution in [2.24, 2.45) is 0 Å². The van der Waals surface area contributed by atoms with E-state index in [1.807, 2.05) is 30.3 Å². The van der Waals surface area contributed by atoms with Crippen LogP contribution in [0.15, 0.2) is 53.1 Å². The van der Waals surface area contributed by atoms with E-state index >= 15 is 0 Å². The molecular weight excluding hydrogens is 306 g/mol. The molecule has 0 aliphatic rings. The third-order valence-corrected chi connectivity index (χ3v) is 3.55. The molecule has 0 saturated carbocycles. The normalized spacial score (nSPS) is 10.8. The number of hydrogen-bond acceptors (Lipinski definition) is 5. The molecule has 0 bridgehead atoms. The fourth-order valence-corrected chi connectivity index (χ4v) is 2.47. The number of nitrogens with one attached hydrogen (secondary N) is 1. The van der Waals surface area contributed by atoms with Gasteiger partial charge in [0, 0.05) is 5.39 Å². The fraction of sp³-hybridized carbons (Fsp3) is 0.0588. The number of hydrogen-bond donors (Lipinski definition) is 1. The Morgan fingerprint density at radius 2 is 2.17 bits per heavy atom. The summed E-state index contributed by atoms with van der Waals surface area (Å²) in [5.41, 5.74) is 2.09. The summed E-state index contributed by atoms with van der Waals surface area (Å²) in [6.45, 7) is 0. The molecule has 0 fully saturated rings. The van der Waals surface area contributed by atoms with Crippen molar-refractivity contribution in [2.45, 2.75) is 6.42 Å². The van der Waals surface area contributed by atoms with Crippen LogP contribution in [0.2, 0.25) is 0 Å². The van der Waals surface area contributed by atoms with E-state index in [1.54, 1.807) is 28.9 Å². The molecule has 0 saturated heterocycles. The molecule has 7 nitrogen and oxygen atoms in total. The Bertz CT molecular complexity index is 1070. The van der Waals surface area contributed by atoms with Crippen molar-refractivity contribution in [3.63, 3.8) is 0 Å². The first-order valence-corrected chi connectivity index (χ1v) is 7.25. The second kappa shape index (κ2) is 5.52. The smallest absolute Gasteiger partial charge is 0.239 e. The zero-order valence-electron chi connectivity index (χ0n) is 12.4. The first kappa shape index (κ1) is 14.0. The maximum absolute atomic E-state index is 11.5. The second-order valence-electron chi connectivity index (χ2n) is 5.16. The van der Waals surface area contributed by atoms with Gasteiger partial charge in [0.05, 0.1) is 12.3 Å². The number of imidazole rings is 1. The second-order valence-corrected chi connectivity index (χ2v) is 5.16. The molecule has 1 N–H and O–H groups in total. The van der Waals surface area contributed by atoms with E-state index in [9.17, 15) is 4.79 Å². The standard InChI is InChI=1S/C17H11N5O2/c18-8-7-17(23)20-15-5-6-16-19-10-12(22(16)21-15)14-9-11-3-1-2-4-13(11)24-14/h1-6,9-10H,7H2,(H,20,21,23). The minimum absolute atomic E-state index is 0.222. The first-order valence-electron chi connectivity index (χ1n) is 7.25. The highest BCUT2D eigenvalue weighted by atomic mass is 16.3. The Morgan fingerprint density at radius 1 is 1.29 bits per heavy atom. The van der Waals surface area contributed by atoms with Crippen LogP contribution in [-0.2, 0) is 4.79 Å². The fourth-order valence-electron chi connectivity index (χ4n) is 2.47. The lowest BCUT2D eigenvalue weighted by molar-refractivity contribution is -0.115. The van der Waals surface area contributed by atoms with Gasteiger partial charge in [-0.25, -0.2) is 9.50 Å². The highest BCUT2D eigenvalue weighted by molar-refractivity contribution is 5.91. The lowest BCUT2D eigenvalue weighted by atomic mass is 10.2. The van der Waals surface area contributed by atoms with Crippen LogP contribution in [0.5, 0.6) is 0 Å². The van der Waals surface area contributed by atoms with E-state index in [0.717, 1.165) is 11.0 Å². The van der Waals surface area contributed by atoms with Crippen LogP contribution >= 0.6 is 0 Å². The molecule has 0 aliphatic carbocycles. The van der Waals surface area contributed by atoms with Gasteiger partial charge in [0.15, 0.2) is 17.2 Å². The van der Waals surface area contributed by atoms with Crippen LogP contribution in [-0.4, -0.2) is 20.5 Å². The number of benzene rings is 1. The zero-order valence-corrected chi connectivity index (χ0v) is 12.4. The topological polar surface area (TPSA) is 96.2 Å². The molecule has 0 radical (unpaired) electrons. The molecule has 7 heteroatoms. The Hall–Kier alpha value is -3.66. The van der Waals surface area contributed by atoms with Gasteiger partial charge in [-0.2, -0.15) is 5.26 Å². The predicted octanol–water partition coefficient (Wildman–Crippen LogP) is 2.99. The molecule has 1 amide bonds. The molecule has 3 heterocycles. The Balaban J connectivity index is 1.78. The van der Waals surface area contributed by atoms with Crippen molar-refractivity contribution in [1.29, 1.82) is 5.26 Å². The average Bonchev–Trinajstić information content (AvgIpc) is 3.18. The molecule has 0 aliphatic heterocycles. The molecule has 3 aromatic heterocycles. The van der Waals surface area contributed by atoms with E-state index in [-0.39, 0.29) is 6.42 Å². The Morgan fingerprint density at radius 3 is 3.00 bits per heavy atom. The number of amides is 1. The number of fused-ring (bicyclic) bond motifs is 2. The molecule has 116 valence electrons. The SMILES string of the molecule is N#CCC(=O)Nc1ccc2ncc(-c3cc4ccccc4o3)n2n1. The van der Waals surface area contributed by atoms with E-state index in [4.69, 9.17) is 9.68 Å². The molecule has 0 unspecified atom stereocenters. The number of carbonyl (C=O) groups excluding carboxylic acids is 1. The van der Waals surface area contributed by atoms with Gasteiger partial charge in [0.1, 0.15) is 17.7 Å². The van der Waals surface area contributed by atoms with Crippen molar-refractivity contribution in [3.05, 3.63) is 48.7 Å². The summed E-state index contributed by atoms with van der Waals surface area (Å²) in [7, 11) is 0. The number of furan rings is 1. The van der Waals surface area contributed by atoms with Crippen LogP contribution in [0.3, 0.4) is 0 Å². The minimum Gasteiger partial charge on any atom is -0.454 e. The maximum Gasteiger partial charge on any atom is 0.239 e. The number of para-hydroxylation sites is 1. The van der Waals surface area contributed by atoms with Crippen molar-refractivity contribution in [2.75, 3.05) is 5.32 Å². The molecule has 0 spiro atoms. The van der Waals surface area contributed by atoms with Crippen LogP contribution in [0.4, 0.5) is 5.82 Å². The number of nitriles is 1. The number of nitrogens with zero attached hydrogens (tertiary/aromatic N) is 4. The monoisotopic (exact) mass is 317 g/mol. The average molecular weight is 317 g/mol. The first-order chi connectivity index (χ1) is 11.7. The lowest BCUT2D eigenvalue weighted by Crippen LogP contribution is -2.12. The van der Waals surface area contributed by atoms with E-state index < -0.39 is 5.91 Å². The molecule has 4 aromatic rings. The quantitative estimate of drug-likeness (QED) is 0.626. The summed E-state index contributed by atoms with van der Waals surface area (Å²) in [6.07, 6.45) is 1.45. The minimum atomic E-state index is -0.408. The molecule has 24 heavy (non-hydrogen) atoms. The summed E-state index contributed by atoms with van der Waals surface area (Å²) >= 11 is 0. The summed E-state index contributed by atoms with van der Waals surface area (Å²) in [5, 5.41) is 16.5. The van der Waals surface area contributed by atoms with E-state index in [1.165, 1.54) is 0 Å². The Labute approximate surface area is 136 Å². The van der Waals surface area contributed by atoms with Crippen LogP contribution < -0.4 is 5.32 Å². The van der Waals surface area contributed by atoms with E-state index in [0.29, 0.717) is 22.9 Å². The van der Waals surface area contributed by atoms with Crippen LogP contribution in [0, 0.1) is 11.3 Å². The van der Waals surface area contributed by atoms with Gasteiger partial charge < -0.3 is 9.73 Å².